The van der Waals surface area contributed by atoms with Crippen molar-refractivity contribution in [2.24, 2.45) is 5.10 Å². The molecule has 7 nitrogen and oxygen atoms in total. The van der Waals surface area contributed by atoms with E-state index in [0.717, 1.165) is 0 Å². The molecular formula is C15H19N4O3. The van der Waals surface area contributed by atoms with Crippen molar-refractivity contribution in [1.82, 2.24) is 15.4 Å². The molecule has 1 aromatic carbocycles. The summed E-state index contributed by atoms with van der Waals surface area (Å²) >= 11 is 0. The number of hydrogen-bond donors (Lipinski definition) is 1. The van der Waals surface area contributed by atoms with Crippen LogP contribution in [0.4, 0.5) is 4.79 Å². The van der Waals surface area contributed by atoms with Gasteiger partial charge in [-0.05, 0) is 39.8 Å². The topological polar surface area (TPSA) is 87.3 Å². The molecule has 0 aromatic heterocycles. The van der Waals surface area contributed by atoms with Crippen LogP contribution in [0.5, 0.6) is 0 Å². The molecule has 0 unspecified atom stereocenters. The number of aromatic carboxylic acids is 1. The molecule has 2 rings (SSSR count). The largest absolute Gasteiger partial charge is 0.478 e. The zero-order valence-electron chi connectivity index (χ0n) is 13.0. The van der Waals surface area contributed by atoms with Crippen LogP contribution >= 0.6 is 0 Å². The molecule has 7 heteroatoms. The second-order valence-electron chi connectivity index (χ2n) is 5.57. The molecule has 0 aliphatic carbocycles. The third kappa shape index (κ3) is 3.03. The lowest BCUT2D eigenvalue weighted by Crippen LogP contribution is -2.56. The summed E-state index contributed by atoms with van der Waals surface area (Å²) in [7, 11) is 0. The Bertz CT molecular complexity index is 608. The van der Waals surface area contributed by atoms with E-state index in [9.17, 15) is 9.59 Å². The minimum atomic E-state index is -0.989. The minimum Gasteiger partial charge on any atom is -0.478 e. The van der Waals surface area contributed by atoms with Gasteiger partial charge in [-0.1, -0.05) is 12.1 Å². The standard InChI is InChI=1S/C15H19N4O3/c1-9(2)18-15(22)19(10(3)4)17-13(16-18)11-5-7-12(8-6-11)14(20)21/h5-10H,1-4H3,(H,20,21). The fourth-order valence-corrected chi connectivity index (χ4v) is 1.96. The monoisotopic (exact) mass is 303 g/mol. The van der Waals surface area contributed by atoms with Gasteiger partial charge in [-0.3, -0.25) is 0 Å². The number of carbonyl (C=O) groups excluding carboxylic acids is 1. The average molecular weight is 303 g/mol. The molecule has 1 aliphatic rings. The Hall–Kier alpha value is -2.57. The summed E-state index contributed by atoms with van der Waals surface area (Å²) < 4.78 is 0. The van der Waals surface area contributed by atoms with E-state index in [2.05, 4.69) is 10.5 Å². The van der Waals surface area contributed by atoms with Crippen LogP contribution in [0.25, 0.3) is 0 Å². The third-order valence-electron chi connectivity index (χ3n) is 3.17. The van der Waals surface area contributed by atoms with Crippen molar-refractivity contribution < 1.29 is 14.7 Å². The Morgan fingerprint density at radius 1 is 1.05 bits per heavy atom. The van der Waals surface area contributed by atoms with Gasteiger partial charge >= 0.3 is 12.0 Å². The van der Waals surface area contributed by atoms with Crippen LogP contribution in [0, 0.1) is 0 Å². The summed E-state index contributed by atoms with van der Waals surface area (Å²) in [5.41, 5.74) is 5.14. The van der Waals surface area contributed by atoms with E-state index < -0.39 is 5.97 Å². The summed E-state index contributed by atoms with van der Waals surface area (Å²) in [6.07, 6.45) is 0. The lowest BCUT2D eigenvalue weighted by molar-refractivity contribution is 0.0697. The minimum absolute atomic E-state index is 0.0995. The lowest BCUT2D eigenvalue weighted by Gasteiger charge is -2.35. The second kappa shape index (κ2) is 6.05. The third-order valence-corrected chi connectivity index (χ3v) is 3.17. The summed E-state index contributed by atoms with van der Waals surface area (Å²) in [4.78, 5) is 23.2. The number of carbonyl (C=O) groups is 2. The number of nitrogens with zero attached hydrogens (tertiary/aromatic N) is 4. The maximum absolute atomic E-state index is 12.3. The molecule has 0 saturated heterocycles. The van der Waals surface area contributed by atoms with E-state index >= 15 is 0 Å². The van der Waals surface area contributed by atoms with Crippen molar-refractivity contribution in [3.05, 3.63) is 35.4 Å². The highest BCUT2D eigenvalue weighted by Gasteiger charge is 2.33. The van der Waals surface area contributed by atoms with E-state index in [0.29, 0.717) is 11.4 Å². The summed E-state index contributed by atoms with van der Waals surface area (Å²) in [6, 6.07) is 5.79. The van der Waals surface area contributed by atoms with Crippen LogP contribution in [-0.4, -0.2) is 45.0 Å². The van der Waals surface area contributed by atoms with Gasteiger partial charge < -0.3 is 5.11 Å². The van der Waals surface area contributed by atoms with Crippen molar-refractivity contribution in [2.45, 2.75) is 39.8 Å². The van der Waals surface area contributed by atoms with E-state index in [4.69, 9.17) is 5.11 Å². The molecule has 0 fully saturated rings. The molecule has 0 saturated carbocycles. The molecule has 0 bridgehead atoms. The van der Waals surface area contributed by atoms with E-state index in [1.165, 1.54) is 22.2 Å². The first-order chi connectivity index (χ1) is 10.3. The molecule has 1 N–H and O–H groups in total. The Morgan fingerprint density at radius 3 is 2.05 bits per heavy atom. The molecule has 2 amide bonds. The first-order valence-electron chi connectivity index (χ1n) is 7.07. The maximum atomic E-state index is 12.3. The fraction of sp³-hybridized carbons (Fsp3) is 0.400. The number of amidine groups is 1. The van der Waals surface area contributed by atoms with Gasteiger partial charge in [0.1, 0.15) is 0 Å². The van der Waals surface area contributed by atoms with Crippen LogP contribution in [0.1, 0.15) is 43.6 Å². The highest BCUT2D eigenvalue weighted by atomic mass is 16.4. The molecule has 1 radical (unpaired) electrons. The number of hydrazone groups is 1. The number of urea groups is 1. The second-order valence-corrected chi connectivity index (χ2v) is 5.57. The first kappa shape index (κ1) is 15.8. The van der Waals surface area contributed by atoms with Gasteiger partial charge in [0.25, 0.3) is 0 Å². The Kier molecular flexibility index (Phi) is 4.35. The quantitative estimate of drug-likeness (QED) is 0.924. The number of carboxylic acids is 1. The van der Waals surface area contributed by atoms with Gasteiger partial charge in [-0.2, -0.15) is 0 Å². The van der Waals surface area contributed by atoms with Crippen LogP contribution < -0.4 is 5.43 Å². The maximum Gasteiger partial charge on any atom is 0.361 e. The highest BCUT2D eigenvalue weighted by Crippen LogP contribution is 2.16. The van der Waals surface area contributed by atoms with Crippen LogP contribution in [0.2, 0.25) is 0 Å². The first-order valence-corrected chi connectivity index (χ1v) is 7.07. The predicted molar refractivity (Wildman–Crippen MR) is 81.4 cm³/mol. The normalized spacial score (nSPS) is 15.2. The Labute approximate surface area is 129 Å². The van der Waals surface area contributed by atoms with Crippen molar-refractivity contribution in [1.29, 1.82) is 0 Å². The predicted octanol–water partition coefficient (Wildman–Crippen LogP) is 2.12. The van der Waals surface area contributed by atoms with Gasteiger partial charge in [0.2, 0.25) is 0 Å². The van der Waals surface area contributed by atoms with Gasteiger partial charge in [0, 0.05) is 5.56 Å². The van der Waals surface area contributed by atoms with Crippen LogP contribution in [0.3, 0.4) is 0 Å². The zero-order valence-corrected chi connectivity index (χ0v) is 13.0. The molecule has 1 aromatic rings. The number of benzene rings is 1. The molecule has 1 aliphatic heterocycles. The van der Waals surface area contributed by atoms with E-state index in [-0.39, 0.29) is 23.7 Å². The lowest BCUT2D eigenvalue weighted by atomic mass is 10.1. The highest BCUT2D eigenvalue weighted by molar-refractivity contribution is 6.02. The SMILES string of the molecule is CC(C)N1[N]C(c2ccc(C(=O)O)cc2)=NN(C(C)C)C1=O. The average Bonchev–Trinajstić information content (AvgIpc) is 2.47. The molecule has 0 spiro atoms. The zero-order chi connectivity index (χ0) is 16.4. The van der Waals surface area contributed by atoms with Crippen molar-refractivity contribution >= 4 is 17.8 Å². The van der Waals surface area contributed by atoms with Crippen molar-refractivity contribution in [3.63, 3.8) is 0 Å². The number of amides is 2. The Balaban J connectivity index is 2.37. The number of carboxylic acid groups (broad SMARTS) is 1. The molecule has 0 atom stereocenters. The smallest absolute Gasteiger partial charge is 0.361 e. The summed E-state index contributed by atoms with van der Waals surface area (Å²) in [5.74, 6) is -0.601. The molecular weight excluding hydrogens is 284 g/mol. The fourth-order valence-electron chi connectivity index (χ4n) is 1.96. The summed E-state index contributed by atoms with van der Waals surface area (Å²) in [5, 5.41) is 16.0. The van der Waals surface area contributed by atoms with E-state index in [1.54, 1.807) is 12.1 Å². The van der Waals surface area contributed by atoms with Crippen molar-refractivity contribution in [3.8, 4) is 0 Å². The van der Waals surface area contributed by atoms with Gasteiger partial charge in [-0.15, -0.1) is 10.5 Å². The van der Waals surface area contributed by atoms with Gasteiger partial charge in [0.15, 0.2) is 5.84 Å². The molecule has 22 heavy (non-hydrogen) atoms. The summed E-state index contributed by atoms with van der Waals surface area (Å²) in [6.45, 7) is 7.49. The number of hydrogen-bond acceptors (Lipinski definition) is 3. The van der Waals surface area contributed by atoms with Gasteiger partial charge in [-0.25, -0.2) is 19.6 Å². The molecule has 1 heterocycles. The Morgan fingerprint density at radius 2 is 1.59 bits per heavy atom. The number of rotatable bonds is 4. The van der Waals surface area contributed by atoms with E-state index in [1.807, 2.05) is 27.7 Å². The van der Waals surface area contributed by atoms with Gasteiger partial charge in [0.05, 0.1) is 17.6 Å². The van der Waals surface area contributed by atoms with Crippen LogP contribution in [-0.2, 0) is 0 Å². The van der Waals surface area contributed by atoms with Crippen LogP contribution in [0.15, 0.2) is 29.4 Å². The molecule has 117 valence electrons. The van der Waals surface area contributed by atoms with Crippen molar-refractivity contribution in [2.75, 3.05) is 0 Å².